The van der Waals surface area contributed by atoms with Crippen molar-refractivity contribution in [2.24, 2.45) is 5.14 Å². The summed E-state index contributed by atoms with van der Waals surface area (Å²) in [5.41, 5.74) is 0. The molecule has 0 aliphatic heterocycles. The molecule has 0 aliphatic rings. The third-order valence-electron chi connectivity index (χ3n) is 0.777. The Balaban J connectivity index is 2.60. The van der Waals surface area contributed by atoms with Crippen molar-refractivity contribution in [2.45, 2.75) is 0 Å². The molecule has 0 heterocycles. The Labute approximate surface area is 60.0 Å². The standard InChI is InChI=1S/C5H13NO2S/c1-7-2-3-8-4-5-9-6/h2-6H2,1H3. The summed E-state index contributed by atoms with van der Waals surface area (Å²) in [6.07, 6.45) is 0. The summed E-state index contributed by atoms with van der Waals surface area (Å²) in [7, 11) is 1.65. The van der Waals surface area contributed by atoms with Gasteiger partial charge < -0.3 is 9.47 Å². The van der Waals surface area contributed by atoms with Crippen molar-refractivity contribution >= 4 is 11.9 Å². The van der Waals surface area contributed by atoms with Crippen LogP contribution in [0.1, 0.15) is 0 Å². The molecule has 0 aromatic rings. The lowest BCUT2D eigenvalue weighted by Crippen LogP contribution is -2.05. The lowest BCUT2D eigenvalue weighted by Gasteiger charge is -1.99. The van der Waals surface area contributed by atoms with Crippen molar-refractivity contribution in [3.8, 4) is 0 Å². The molecule has 0 saturated carbocycles. The van der Waals surface area contributed by atoms with E-state index in [4.69, 9.17) is 14.6 Å². The molecule has 0 aliphatic carbocycles. The highest BCUT2D eigenvalue weighted by atomic mass is 32.2. The fourth-order valence-electron chi connectivity index (χ4n) is 0.351. The largest absolute Gasteiger partial charge is 0.382 e. The Hall–Kier alpha value is 0.230. The molecule has 0 bridgehead atoms. The van der Waals surface area contributed by atoms with Gasteiger partial charge >= 0.3 is 0 Å². The monoisotopic (exact) mass is 151 g/mol. The molecular weight excluding hydrogens is 138 g/mol. The number of rotatable bonds is 6. The van der Waals surface area contributed by atoms with Crippen LogP contribution < -0.4 is 5.14 Å². The highest BCUT2D eigenvalue weighted by Gasteiger charge is 1.84. The fraction of sp³-hybridized carbons (Fsp3) is 1.00. The van der Waals surface area contributed by atoms with Gasteiger partial charge in [0.25, 0.3) is 0 Å². The van der Waals surface area contributed by atoms with E-state index in [-0.39, 0.29) is 0 Å². The highest BCUT2D eigenvalue weighted by molar-refractivity contribution is 7.97. The molecule has 0 rings (SSSR count). The van der Waals surface area contributed by atoms with E-state index in [1.165, 1.54) is 11.9 Å². The molecule has 2 N–H and O–H groups in total. The molecule has 0 aromatic heterocycles. The van der Waals surface area contributed by atoms with Crippen LogP contribution in [0.3, 0.4) is 0 Å². The van der Waals surface area contributed by atoms with E-state index >= 15 is 0 Å². The molecule has 0 spiro atoms. The highest BCUT2D eigenvalue weighted by Crippen LogP contribution is 1.85. The third-order valence-corrected chi connectivity index (χ3v) is 1.18. The average Bonchev–Trinajstić information content (AvgIpc) is 1.89. The van der Waals surface area contributed by atoms with Crippen LogP contribution in [-0.4, -0.2) is 32.7 Å². The summed E-state index contributed by atoms with van der Waals surface area (Å²) in [5.74, 6) is 0.851. The Morgan fingerprint density at radius 2 is 2.11 bits per heavy atom. The zero-order chi connectivity index (χ0) is 6.95. The molecule has 0 unspecified atom stereocenters. The lowest BCUT2D eigenvalue weighted by atomic mass is 10.7. The zero-order valence-electron chi connectivity index (χ0n) is 5.63. The number of methoxy groups -OCH3 is 1. The predicted molar refractivity (Wildman–Crippen MR) is 39.3 cm³/mol. The van der Waals surface area contributed by atoms with Crippen LogP contribution in [-0.2, 0) is 9.47 Å². The van der Waals surface area contributed by atoms with Gasteiger partial charge in [-0.3, -0.25) is 5.14 Å². The topological polar surface area (TPSA) is 44.5 Å². The fourth-order valence-corrected chi connectivity index (χ4v) is 0.565. The van der Waals surface area contributed by atoms with Crippen molar-refractivity contribution in [1.29, 1.82) is 0 Å². The number of hydrogen-bond donors (Lipinski definition) is 1. The van der Waals surface area contributed by atoms with Crippen LogP contribution in [0.25, 0.3) is 0 Å². The van der Waals surface area contributed by atoms with Gasteiger partial charge in [0.1, 0.15) is 0 Å². The predicted octanol–water partition coefficient (Wildman–Crippen LogP) is 0.256. The normalized spacial score (nSPS) is 10.0. The SMILES string of the molecule is COCCOCCSN. The smallest absolute Gasteiger partial charge is 0.0700 e. The Morgan fingerprint density at radius 3 is 2.67 bits per heavy atom. The molecule has 9 heavy (non-hydrogen) atoms. The maximum atomic E-state index is 5.15. The van der Waals surface area contributed by atoms with E-state index in [1.54, 1.807) is 7.11 Å². The van der Waals surface area contributed by atoms with Crippen LogP contribution in [0, 0.1) is 0 Å². The second-order valence-corrected chi connectivity index (χ2v) is 2.22. The first-order chi connectivity index (χ1) is 4.41. The third kappa shape index (κ3) is 8.23. The second-order valence-electron chi connectivity index (χ2n) is 1.48. The molecule has 0 aromatic carbocycles. The van der Waals surface area contributed by atoms with E-state index in [1.807, 2.05) is 0 Å². The Morgan fingerprint density at radius 1 is 1.33 bits per heavy atom. The maximum absolute atomic E-state index is 5.15. The summed E-state index contributed by atoms with van der Waals surface area (Å²) < 4.78 is 9.85. The quantitative estimate of drug-likeness (QED) is 0.437. The van der Waals surface area contributed by atoms with E-state index in [9.17, 15) is 0 Å². The van der Waals surface area contributed by atoms with Crippen LogP contribution in [0.5, 0.6) is 0 Å². The van der Waals surface area contributed by atoms with Crippen LogP contribution >= 0.6 is 11.9 Å². The first-order valence-corrected chi connectivity index (χ1v) is 3.85. The van der Waals surface area contributed by atoms with Gasteiger partial charge in [-0.2, -0.15) is 0 Å². The first kappa shape index (κ1) is 9.23. The van der Waals surface area contributed by atoms with Crippen molar-refractivity contribution in [3.05, 3.63) is 0 Å². The number of nitrogens with two attached hydrogens (primary N) is 1. The maximum Gasteiger partial charge on any atom is 0.0700 e. The Bertz CT molecular complexity index is 48.2. The molecule has 0 amide bonds. The van der Waals surface area contributed by atoms with E-state index < -0.39 is 0 Å². The van der Waals surface area contributed by atoms with Gasteiger partial charge in [0.05, 0.1) is 19.8 Å². The minimum atomic E-state index is 0.662. The molecule has 56 valence electrons. The van der Waals surface area contributed by atoms with Gasteiger partial charge in [0.15, 0.2) is 0 Å². The van der Waals surface area contributed by atoms with Gasteiger partial charge in [-0.25, -0.2) is 0 Å². The molecule has 3 nitrogen and oxygen atoms in total. The van der Waals surface area contributed by atoms with Crippen molar-refractivity contribution in [2.75, 3.05) is 32.7 Å². The van der Waals surface area contributed by atoms with Gasteiger partial charge in [0.2, 0.25) is 0 Å². The number of hydrogen-bond acceptors (Lipinski definition) is 4. The lowest BCUT2D eigenvalue weighted by molar-refractivity contribution is 0.0790. The first-order valence-electron chi connectivity index (χ1n) is 2.80. The van der Waals surface area contributed by atoms with Crippen LogP contribution in [0.15, 0.2) is 0 Å². The summed E-state index contributed by atoms with van der Waals surface area (Å²) >= 11 is 1.29. The molecule has 0 atom stereocenters. The summed E-state index contributed by atoms with van der Waals surface area (Å²) in [5, 5.41) is 5.15. The summed E-state index contributed by atoms with van der Waals surface area (Å²) in [6.45, 7) is 2.04. The number of ether oxygens (including phenoxy) is 2. The van der Waals surface area contributed by atoms with Crippen molar-refractivity contribution in [1.82, 2.24) is 0 Å². The molecule has 4 heteroatoms. The minimum Gasteiger partial charge on any atom is -0.382 e. The van der Waals surface area contributed by atoms with E-state index in [0.29, 0.717) is 19.8 Å². The average molecular weight is 151 g/mol. The zero-order valence-corrected chi connectivity index (χ0v) is 6.45. The van der Waals surface area contributed by atoms with Gasteiger partial charge in [-0.1, -0.05) is 11.9 Å². The summed E-state index contributed by atoms with van der Waals surface area (Å²) in [6, 6.07) is 0. The molecule has 0 radical (unpaired) electrons. The summed E-state index contributed by atoms with van der Waals surface area (Å²) in [4.78, 5) is 0. The van der Waals surface area contributed by atoms with Gasteiger partial charge in [0, 0.05) is 12.9 Å². The van der Waals surface area contributed by atoms with Gasteiger partial charge in [-0.05, 0) is 0 Å². The van der Waals surface area contributed by atoms with E-state index in [0.717, 1.165) is 5.75 Å². The Kier molecular flexibility index (Phi) is 8.44. The van der Waals surface area contributed by atoms with E-state index in [2.05, 4.69) is 0 Å². The van der Waals surface area contributed by atoms with Crippen molar-refractivity contribution in [3.63, 3.8) is 0 Å². The molecular formula is C5H13NO2S. The van der Waals surface area contributed by atoms with Crippen molar-refractivity contribution < 1.29 is 9.47 Å². The molecule has 0 fully saturated rings. The van der Waals surface area contributed by atoms with Crippen LogP contribution in [0.4, 0.5) is 0 Å². The minimum absolute atomic E-state index is 0.662. The van der Waals surface area contributed by atoms with Gasteiger partial charge in [-0.15, -0.1) is 0 Å². The second kappa shape index (κ2) is 8.23. The molecule has 0 saturated heterocycles. The van der Waals surface area contributed by atoms with Crippen LogP contribution in [0.2, 0.25) is 0 Å².